The predicted molar refractivity (Wildman–Crippen MR) is 123 cm³/mol. The van der Waals surface area contributed by atoms with E-state index in [1.54, 1.807) is 37.3 Å². The number of rotatable bonds is 3. The van der Waals surface area contributed by atoms with Crippen LogP contribution >= 0.6 is 0 Å². The molecule has 0 aliphatic heterocycles. The van der Waals surface area contributed by atoms with E-state index in [0.717, 1.165) is 22.3 Å². The van der Waals surface area contributed by atoms with Crippen LogP contribution in [0.15, 0.2) is 47.1 Å². The monoisotopic (exact) mass is 510 g/mol. The summed E-state index contributed by atoms with van der Waals surface area (Å²) in [5, 5.41) is 21.2. The third kappa shape index (κ3) is 3.46. The van der Waals surface area contributed by atoms with E-state index in [1.807, 2.05) is 0 Å². The summed E-state index contributed by atoms with van der Waals surface area (Å²) in [4.78, 5) is 12.1. The number of halogens is 5. The summed E-state index contributed by atoms with van der Waals surface area (Å²) >= 11 is 0. The number of carbonyl (C=O) groups is 1. The smallest absolute Gasteiger partial charge is 0.389 e. The molecule has 3 unspecified atom stereocenters. The fraction of sp³-hybridized carbons (Fsp3) is 0.607. The van der Waals surface area contributed by atoms with E-state index in [2.05, 4.69) is 0 Å². The fourth-order valence-electron chi connectivity index (χ4n) is 7.72. The quantitative estimate of drug-likeness (QED) is 0.453. The second-order valence-corrected chi connectivity index (χ2v) is 11.3. The van der Waals surface area contributed by atoms with Gasteiger partial charge in [0, 0.05) is 17.8 Å². The molecule has 6 atom stereocenters. The zero-order valence-electron chi connectivity index (χ0n) is 20.3. The number of alkyl halides is 5. The van der Waals surface area contributed by atoms with E-state index in [0.29, 0.717) is 31.2 Å². The van der Waals surface area contributed by atoms with Crippen molar-refractivity contribution >= 4 is 5.78 Å². The van der Waals surface area contributed by atoms with Gasteiger partial charge in [0.25, 0.3) is 0 Å². The van der Waals surface area contributed by atoms with Crippen molar-refractivity contribution < 1.29 is 37.0 Å². The molecule has 0 amide bonds. The lowest BCUT2D eigenvalue weighted by molar-refractivity contribution is -0.362. The topological polar surface area (TPSA) is 57.5 Å². The lowest BCUT2D eigenvalue weighted by Gasteiger charge is -2.56. The van der Waals surface area contributed by atoms with Crippen molar-refractivity contribution in [1.82, 2.24) is 0 Å². The summed E-state index contributed by atoms with van der Waals surface area (Å²) < 4.78 is 70.8. The molecular formula is C28H31F5O3. The Labute approximate surface area is 207 Å². The number of aliphatic hydroxyl groups is 2. The van der Waals surface area contributed by atoms with Crippen LogP contribution in [-0.2, 0) is 4.79 Å². The Morgan fingerprint density at radius 2 is 1.69 bits per heavy atom. The van der Waals surface area contributed by atoms with E-state index in [-0.39, 0.29) is 24.5 Å². The van der Waals surface area contributed by atoms with Crippen LogP contribution in [0, 0.1) is 17.3 Å². The SMILES string of the molecule is CC(O)c1ccc([C@H]2C[C@@]3(C)C(CC[C@@]3(O)C(F)(F)C(F)(F)F)C3CCC4=CC(=O)CCC4=C32)cc1. The maximum atomic E-state index is 15.0. The van der Waals surface area contributed by atoms with Gasteiger partial charge in [0.2, 0.25) is 0 Å². The van der Waals surface area contributed by atoms with Gasteiger partial charge in [-0.2, -0.15) is 22.0 Å². The number of carbonyl (C=O) groups excluding carboxylic acids is 1. The highest BCUT2D eigenvalue weighted by atomic mass is 19.4. The molecule has 0 bridgehead atoms. The minimum Gasteiger partial charge on any atom is -0.389 e. The normalized spacial score (nSPS) is 35.6. The van der Waals surface area contributed by atoms with Crippen molar-refractivity contribution in [2.75, 3.05) is 0 Å². The van der Waals surface area contributed by atoms with Crippen molar-refractivity contribution in [2.45, 2.75) is 88.5 Å². The van der Waals surface area contributed by atoms with E-state index in [9.17, 15) is 37.0 Å². The second kappa shape index (κ2) is 8.22. The molecule has 0 spiro atoms. The molecule has 2 saturated carbocycles. The van der Waals surface area contributed by atoms with Gasteiger partial charge in [-0.1, -0.05) is 36.8 Å². The molecule has 2 N–H and O–H groups in total. The van der Waals surface area contributed by atoms with Crippen molar-refractivity contribution in [3.8, 4) is 0 Å². The Balaban J connectivity index is 1.68. The number of allylic oxidation sites excluding steroid dienone is 4. The molecule has 4 aliphatic rings. The Morgan fingerprint density at radius 1 is 1.03 bits per heavy atom. The van der Waals surface area contributed by atoms with Crippen LogP contribution in [0.3, 0.4) is 0 Å². The van der Waals surface area contributed by atoms with Gasteiger partial charge in [0.1, 0.15) is 5.60 Å². The van der Waals surface area contributed by atoms with Crippen molar-refractivity contribution in [3.05, 3.63) is 58.2 Å². The number of aliphatic hydroxyl groups excluding tert-OH is 1. The maximum absolute atomic E-state index is 15.0. The van der Waals surface area contributed by atoms with Crippen LogP contribution in [0.1, 0.15) is 81.9 Å². The summed E-state index contributed by atoms with van der Waals surface area (Å²) in [7, 11) is 0. The van der Waals surface area contributed by atoms with Crippen LogP contribution < -0.4 is 0 Å². The first kappa shape index (κ1) is 25.6. The molecule has 4 aliphatic carbocycles. The first-order valence-corrected chi connectivity index (χ1v) is 12.6. The summed E-state index contributed by atoms with van der Waals surface area (Å²) in [5.74, 6) is -6.44. The predicted octanol–water partition coefficient (Wildman–Crippen LogP) is 6.57. The molecule has 0 heterocycles. The lowest BCUT2D eigenvalue weighted by Crippen LogP contribution is -2.65. The Hall–Kier alpha value is -2.06. The Morgan fingerprint density at radius 3 is 2.31 bits per heavy atom. The molecule has 196 valence electrons. The summed E-state index contributed by atoms with van der Waals surface area (Å²) in [6.45, 7) is 3.04. The maximum Gasteiger partial charge on any atom is 0.456 e. The van der Waals surface area contributed by atoms with Gasteiger partial charge < -0.3 is 10.2 Å². The first-order valence-electron chi connectivity index (χ1n) is 12.6. The third-order valence-corrected chi connectivity index (χ3v) is 9.58. The highest BCUT2D eigenvalue weighted by molar-refractivity contribution is 5.93. The number of hydrogen-bond acceptors (Lipinski definition) is 3. The highest BCUT2D eigenvalue weighted by Crippen LogP contribution is 2.70. The molecule has 1 aromatic carbocycles. The highest BCUT2D eigenvalue weighted by Gasteiger charge is 2.79. The van der Waals surface area contributed by atoms with Gasteiger partial charge in [-0.15, -0.1) is 0 Å². The van der Waals surface area contributed by atoms with Crippen LogP contribution in [-0.4, -0.2) is 33.7 Å². The van der Waals surface area contributed by atoms with Crippen LogP contribution in [0.2, 0.25) is 0 Å². The molecule has 8 heteroatoms. The molecule has 3 nitrogen and oxygen atoms in total. The number of hydrogen-bond donors (Lipinski definition) is 2. The Kier molecular flexibility index (Phi) is 5.84. The molecule has 1 aromatic rings. The largest absolute Gasteiger partial charge is 0.456 e. The van der Waals surface area contributed by atoms with E-state index < -0.39 is 47.5 Å². The van der Waals surface area contributed by atoms with Crippen LogP contribution in [0.4, 0.5) is 22.0 Å². The minimum absolute atomic E-state index is 0.0475. The third-order valence-electron chi connectivity index (χ3n) is 9.58. The summed E-state index contributed by atoms with van der Waals surface area (Å²) in [6, 6.07) is 7.07. The second-order valence-electron chi connectivity index (χ2n) is 11.3. The molecule has 2 fully saturated rings. The van der Waals surface area contributed by atoms with Crippen molar-refractivity contribution in [3.63, 3.8) is 0 Å². The fourth-order valence-corrected chi connectivity index (χ4v) is 7.72. The number of fused-ring (bicyclic) bond motifs is 4. The zero-order chi connectivity index (χ0) is 26.3. The molecular weight excluding hydrogens is 479 g/mol. The van der Waals surface area contributed by atoms with E-state index >= 15 is 0 Å². The average molecular weight is 511 g/mol. The van der Waals surface area contributed by atoms with Gasteiger partial charge in [0.15, 0.2) is 5.78 Å². The van der Waals surface area contributed by atoms with Crippen molar-refractivity contribution in [2.24, 2.45) is 17.3 Å². The van der Waals surface area contributed by atoms with Crippen LogP contribution in [0.25, 0.3) is 0 Å². The molecule has 36 heavy (non-hydrogen) atoms. The molecule has 5 rings (SSSR count). The van der Waals surface area contributed by atoms with Crippen LogP contribution in [0.5, 0.6) is 0 Å². The lowest BCUT2D eigenvalue weighted by atomic mass is 9.50. The Bertz CT molecular complexity index is 1130. The number of benzene rings is 1. The van der Waals surface area contributed by atoms with Gasteiger partial charge in [-0.25, -0.2) is 0 Å². The number of ketones is 1. The average Bonchev–Trinajstić information content (AvgIpc) is 3.09. The first-order chi connectivity index (χ1) is 16.7. The zero-order valence-corrected chi connectivity index (χ0v) is 20.3. The van der Waals surface area contributed by atoms with Gasteiger partial charge in [0.05, 0.1) is 6.10 Å². The standard InChI is InChI=1S/C28H31F5O3/c1-15(34)16-3-5-17(6-4-16)22-14-25(2)23(11-12-26(25,36)27(29,30)28(31,32)33)21-9-7-18-13-19(35)8-10-20(18)24(21)22/h3-6,13,15,21-23,34,36H,7-12,14H2,1-2H3/t15?,21?,22-,23?,25+,26+/m1/s1. The summed E-state index contributed by atoms with van der Waals surface area (Å²) in [6.07, 6.45) is -3.49. The van der Waals surface area contributed by atoms with Gasteiger partial charge in [-0.05, 0) is 85.6 Å². The molecule has 0 radical (unpaired) electrons. The summed E-state index contributed by atoms with van der Waals surface area (Å²) in [5.41, 5.74) is -0.436. The van der Waals surface area contributed by atoms with Gasteiger partial charge in [-0.3, -0.25) is 4.79 Å². The molecule has 0 saturated heterocycles. The van der Waals surface area contributed by atoms with E-state index in [1.165, 1.54) is 6.92 Å². The molecule has 0 aromatic heterocycles. The van der Waals surface area contributed by atoms with Crippen molar-refractivity contribution in [1.29, 1.82) is 0 Å². The minimum atomic E-state index is -5.86. The van der Waals surface area contributed by atoms with Gasteiger partial charge >= 0.3 is 12.1 Å². The van der Waals surface area contributed by atoms with E-state index in [4.69, 9.17) is 0 Å².